The summed E-state index contributed by atoms with van der Waals surface area (Å²) in [6.45, 7) is 5.38. The minimum absolute atomic E-state index is 0.0232. The highest BCUT2D eigenvalue weighted by molar-refractivity contribution is 7.81. The summed E-state index contributed by atoms with van der Waals surface area (Å²) in [6, 6.07) is 0.248. The predicted molar refractivity (Wildman–Crippen MR) is 57.1 cm³/mol. The Morgan fingerprint density at radius 3 is 2.69 bits per heavy atom. The summed E-state index contributed by atoms with van der Waals surface area (Å²) < 4.78 is 0. The van der Waals surface area contributed by atoms with Gasteiger partial charge in [0.2, 0.25) is 5.91 Å². The summed E-state index contributed by atoms with van der Waals surface area (Å²) in [5.41, 5.74) is 0. The first-order valence-corrected chi connectivity index (χ1v) is 5.48. The van der Waals surface area contributed by atoms with E-state index in [0.717, 1.165) is 6.54 Å². The van der Waals surface area contributed by atoms with Crippen LogP contribution in [0.4, 0.5) is 0 Å². The predicted octanol–water partition coefficient (Wildman–Crippen LogP) is 0.517. The standard InChI is InChI=1S/C9H18N2OS/c1-8(10-9(12)7-13)6-11-4-2-3-5-11/h8,13H,2-7H2,1H3,(H,10,12). The van der Waals surface area contributed by atoms with Crippen LogP contribution in [0.3, 0.4) is 0 Å². The van der Waals surface area contributed by atoms with Gasteiger partial charge < -0.3 is 10.2 Å². The van der Waals surface area contributed by atoms with E-state index in [0.29, 0.717) is 0 Å². The molecule has 0 aromatic rings. The van der Waals surface area contributed by atoms with Crippen molar-refractivity contribution in [2.24, 2.45) is 0 Å². The van der Waals surface area contributed by atoms with Crippen LogP contribution in [-0.4, -0.2) is 42.2 Å². The van der Waals surface area contributed by atoms with Gasteiger partial charge in [0.25, 0.3) is 0 Å². The van der Waals surface area contributed by atoms with Crippen LogP contribution in [0.2, 0.25) is 0 Å². The monoisotopic (exact) mass is 202 g/mol. The zero-order valence-corrected chi connectivity index (χ0v) is 9.02. The van der Waals surface area contributed by atoms with E-state index in [-0.39, 0.29) is 17.7 Å². The van der Waals surface area contributed by atoms with Gasteiger partial charge in [-0.2, -0.15) is 12.6 Å². The van der Waals surface area contributed by atoms with E-state index < -0.39 is 0 Å². The van der Waals surface area contributed by atoms with Crippen LogP contribution < -0.4 is 5.32 Å². The number of nitrogens with one attached hydrogen (secondary N) is 1. The topological polar surface area (TPSA) is 32.3 Å². The average molecular weight is 202 g/mol. The summed E-state index contributed by atoms with van der Waals surface area (Å²) in [6.07, 6.45) is 2.60. The Bertz CT molecular complexity index is 169. The van der Waals surface area contributed by atoms with Crippen molar-refractivity contribution in [1.29, 1.82) is 0 Å². The molecule has 1 N–H and O–H groups in total. The zero-order chi connectivity index (χ0) is 9.68. The van der Waals surface area contributed by atoms with E-state index in [9.17, 15) is 4.79 Å². The summed E-state index contributed by atoms with van der Waals surface area (Å²) in [5.74, 6) is 0.305. The molecule has 1 fully saturated rings. The molecule has 1 rings (SSSR count). The lowest BCUT2D eigenvalue weighted by molar-refractivity contribution is -0.119. The molecule has 0 aromatic heterocycles. The third-order valence-corrected chi connectivity index (χ3v) is 2.57. The van der Waals surface area contributed by atoms with Gasteiger partial charge >= 0.3 is 0 Å². The van der Waals surface area contributed by atoms with Crippen LogP contribution in [-0.2, 0) is 4.79 Å². The lowest BCUT2D eigenvalue weighted by Gasteiger charge is -2.20. The van der Waals surface area contributed by atoms with Gasteiger partial charge in [-0.05, 0) is 32.9 Å². The summed E-state index contributed by atoms with van der Waals surface area (Å²) in [4.78, 5) is 13.4. The molecule has 1 saturated heterocycles. The minimum atomic E-state index is 0.0232. The molecule has 0 radical (unpaired) electrons. The number of nitrogens with zero attached hydrogens (tertiary/aromatic N) is 1. The number of hydrogen-bond acceptors (Lipinski definition) is 3. The van der Waals surface area contributed by atoms with Gasteiger partial charge in [-0.25, -0.2) is 0 Å². The maximum absolute atomic E-state index is 11.0. The fraction of sp³-hybridized carbons (Fsp3) is 0.889. The quantitative estimate of drug-likeness (QED) is 0.651. The van der Waals surface area contributed by atoms with Gasteiger partial charge in [0.15, 0.2) is 0 Å². The highest BCUT2D eigenvalue weighted by Gasteiger charge is 2.15. The molecule has 1 atom stereocenters. The molecule has 13 heavy (non-hydrogen) atoms. The van der Waals surface area contributed by atoms with E-state index in [1.807, 2.05) is 6.92 Å². The van der Waals surface area contributed by atoms with Crippen LogP contribution in [0.25, 0.3) is 0 Å². The SMILES string of the molecule is CC(CN1CCCC1)NC(=O)CS. The van der Waals surface area contributed by atoms with Crippen molar-refractivity contribution < 1.29 is 4.79 Å². The molecule has 1 heterocycles. The van der Waals surface area contributed by atoms with Crippen molar-refractivity contribution in [2.75, 3.05) is 25.4 Å². The van der Waals surface area contributed by atoms with Gasteiger partial charge in [0, 0.05) is 12.6 Å². The summed E-state index contributed by atoms with van der Waals surface area (Å²) in [7, 11) is 0. The first kappa shape index (κ1) is 10.9. The molecule has 3 nitrogen and oxygen atoms in total. The number of likely N-dealkylation sites (tertiary alicyclic amines) is 1. The van der Waals surface area contributed by atoms with Crippen LogP contribution in [0.1, 0.15) is 19.8 Å². The Morgan fingerprint density at radius 2 is 2.15 bits per heavy atom. The van der Waals surface area contributed by atoms with Crippen molar-refractivity contribution in [3.63, 3.8) is 0 Å². The Balaban J connectivity index is 2.16. The third kappa shape index (κ3) is 4.00. The average Bonchev–Trinajstić information content (AvgIpc) is 2.56. The molecule has 76 valence electrons. The number of hydrogen-bond donors (Lipinski definition) is 2. The molecule has 1 unspecified atom stereocenters. The van der Waals surface area contributed by atoms with E-state index in [2.05, 4.69) is 22.8 Å². The van der Waals surface area contributed by atoms with Gasteiger partial charge in [-0.3, -0.25) is 4.79 Å². The smallest absolute Gasteiger partial charge is 0.229 e. The highest BCUT2D eigenvalue weighted by Crippen LogP contribution is 2.07. The van der Waals surface area contributed by atoms with Crippen molar-refractivity contribution in [2.45, 2.75) is 25.8 Å². The molecular formula is C9H18N2OS. The van der Waals surface area contributed by atoms with Gasteiger partial charge in [-0.15, -0.1) is 0 Å². The molecule has 1 aliphatic heterocycles. The van der Waals surface area contributed by atoms with Crippen molar-refractivity contribution in [3.05, 3.63) is 0 Å². The molecule has 0 spiro atoms. The molecule has 0 saturated carbocycles. The second-order valence-corrected chi connectivity index (χ2v) is 3.95. The van der Waals surface area contributed by atoms with E-state index in [4.69, 9.17) is 0 Å². The van der Waals surface area contributed by atoms with Gasteiger partial charge in [0.1, 0.15) is 0 Å². The molecule has 1 aliphatic rings. The molecule has 1 amide bonds. The third-order valence-electron chi connectivity index (χ3n) is 2.28. The van der Waals surface area contributed by atoms with Crippen molar-refractivity contribution in [1.82, 2.24) is 10.2 Å². The Labute approximate surface area is 85.3 Å². The maximum Gasteiger partial charge on any atom is 0.229 e. The first-order valence-electron chi connectivity index (χ1n) is 4.85. The zero-order valence-electron chi connectivity index (χ0n) is 8.12. The Kier molecular flexibility index (Phi) is 4.59. The van der Waals surface area contributed by atoms with E-state index >= 15 is 0 Å². The lowest BCUT2D eigenvalue weighted by atomic mass is 10.3. The van der Waals surface area contributed by atoms with Crippen LogP contribution in [0, 0.1) is 0 Å². The molecular weight excluding hydrogens is 184 g/mol. The van der Waals surface area contributed by atoms with Crippen LogP contribution in [0.15, 0.2) is 0 Å². The number of amides is 1. The fourth-order valence-electron chi connectivity index (χ4n) is 1.72. The van der Waals surface area contributed by atoms with Crippen molar-refractivity contribution >= 4 is 18.5 Å². The highest BCUT2D eigenvalue weighted by atomic mass is 32.1. The normalized spacial score (nSPS) is 20.2. The maximum atomic E-state index is 11.0. The van der Waals surface area contributed by atoms with E-state index in [1.54, 1.807) is 0 Å². The minimum Gasteiger partial charge on any atom is -0.352 e. The lowest BCUT2D eigenvalue weighted by Crippen LogP contribution is -2.41. The number of carbonyl (C=O) groups excluding carboxylic acids is 1. The fourth-order valence-corrected chi connectivity index (χ4v) is 1.81. The number of rotatable bonds is 4. The largest absolute Gasteiger partial charge is 0.352 e. The second kappa shape index (κ2) is 5.50. The Hall–Kier alpha value is -0.220. The van der Waals surface area contributed by atoms with Crippen LogP contribution >= 0.6 is 12.6 Å². The summed E-state index contributed by atoms with van der Waals surface area (Å²) >= 11 is 3.91. The summed E-state index contributed by atoms with van der Waals surface area (Å²) in [5, 5.41) is 2.90. The molecule has 0 aliphatic carbocycles. The number of thiol groups is 1. The van der Waals surface area contributed by atoms with Gasteiger partial charge in [0.05, 0.1) is 5.75 Å². The Morgan fingerprint density at radius 1 is 1.54 bits per heavy atom. The van der Waals surface area contributed by atoms with Gasteiger partial charge in [-0.1, -0.05) is 0 Å². The number of carbonyl (C=O) groups is 1. The molecule has 0 aromatic carbocycles. The molecule has 4 heteroatoms. The second-order valence-electron chi connectivity index (χ2n) is 3.63. The van der Waals surface area contributed by atoms with Crippen LogP contribution in [0.5, 0.6) is 0 Å². The first-order chi connectivity index (χ1) is 6.22. The van der Waals surface area contributed by atoms with Crippen molar-refractivity contribution in [3.8, 4) is 0 Å². The molecule has 0 bridgehead atoms. The van der Waals surface area contributed by atoms with E-state index in [1.165, 1.54) is 25.9 Å².